The summed E-state index contributed by atoms with van der Waals surface area (Å²) in [7, 11) is 0. The number of unbranched alkanes of at least 4 members (excludes halogenated alkanes) is 19. The second kappa shape index (κ2) is 33.9. The van der Waals surface area contributed by atoms with Crippen LogP contribution in [0.25, 0.3) is 68.3 Å². The zero-order valence-electron chi connectivity index (χ0n) is 53.0. The lowest BCUT2D eigenvalue weighted by atomic mass is 10.0. The summed E-state index contributed by atoms with van der Waals surface area (Å²) >= 11 is 0. The first-order valence-electron chi connectivity index (χ1n) is 32.0. The van der Waals surface area contributed by atoms with Gasteiger partial charge in [0.05, 0.1) is 24.3 Å². The molecule has 0 aliphatic carbocycles. The molecule has 0 amide bonds. The maximum atomic E-state index is 11.1. The average Bonchev–Trinajstić information content (AvgIpc) is 1.75. The van der Waals surface area contributed by atoms with E-state index in [9.17, 15) is 10.2 Å². The van der Waals surface area contributed by atoms with Gasteiger partial charge in [-0.2, -0.15) is 0 Å². The molecule has 0 bridgehead atoms. The molecule has 6 aromatic carbocycles. The van der Waals surface area contributed by atoms with Gasteiger partial charge in [0.25, 0.3) is 0 Å². The Morgan fingerprint density at radius 1 is 0.271 bits per heavy atom. The standard InChI is InChI=1S/C38H49N3O2.C37H47N3O2/c1-6-7-8-9-10-11-12-13-14-15-16-23-43-31-19-22-34(35(42)26-31)38-40-36(32-20-17-27(2)24-29(32)4)39-37(41-38)33-21-18-28(3)25-30(33)5;1-6-7-8-9-10-11-12-13-14-15-22-42-30-18-21-33(34(41)25-30)37-39-35(31-19-16-26(2)23-28(31)4)38-36(40-37)32-20-17-27(3)24-29(32)5/h17-22,24-26,42H,6-16,23H2,1-5H3;16-21,23-25,41H,6-15,22H2,1-5H3. The van der Waals surface area contributed by atoms with Gasteiger partial charge in [0, 0.05) is 34.4 Å². The predicted molar refractivity (Wildman–Crippen MR) is 353 cm³/mol. The Bertz CT molecular complexity index is 3250. The number of rotatable bonds is 31. The molecule has 10 heteroatoms. The fraction of sp³-hybridized carbons (Fsp3) is 0.440. The van der Waals surface area contributed by atoms with Crippen LogP contribution in [-0.4, -0.2) is 53.3 Å². The molecule has 10 nitrogen and oxygen atoms in total. The van der Waals surface area contributed by atoms with Gasteiger partial charge in [0.1, 0.15) is 23.0 Å². The van der Waals surface area contributed by atoms with E-state index >= 15 is 0 Å². The van der Waals surface area contributed by atoms with E-state index < -0.39 is 0 Å². The van der Waals surface area contributed by atoms with E-state index in [0.29, 0.717) is 70.8 Å². The molecule has 0 spiro atoms. The number of aromatic nitrogens is 6. The molecule has 2 aromatic heterocycles. The van der Waals surface area contributed by atoms with Crippen molar-refractivity contribution in [3.8, 4) is 91.3 Å². The fourth-order valence-corrected chi connectivity index (χ4v) is 11.0. The summed E-state index contributed by atoms with van der Waals surface area (Å²) in [5.74, 6) is 4.75. The molecule has 8 rings (SSSR count). The first kappa shape index (κ1) is 65.1. The van der Waals surface area contributed by atoms with Crippen LogP contribution in [0.15, 0.2) is 109 Å². The van der Waals surface area contributed by atoms with E-state index in [4.69, 9.17) is 39.4 Å². The predicted octanol–water partition coefficient (Wildman–Crippen LogP) is 20.6. The number of phenols is 2. The number of hydrogen-bond donors (Lipinski definition) is 2. The van der Waals surface area contributed by atoms with Gasteiger partial charge >= 0.3 is 0 Å². The van der Waals surface area contributed by atoms with Crippen LogP contribution in [0.4, 0.5) is 0 Å². The maximum absolute atomic E-state index is 11.1. The Kier molecular flexibility index (Phi) is 25.9. The Balaban J connectivity index is 0.000000244. The maximum Gasteiger partial charge on any atom is 0.167 e. The van der Waals surface area contributed by atoms with Gasteiger partial charge in [-0.15, -0.1) is 0 Å². The third-order valence-electron chi connectivity index (χ3n) is 16.0. The SMILES string of the molecule is CCCCCCCCCCCCCOc1ccc(-c2nc(-c3ccc(C)cc3C)nc(-c3ccc(C)cc3C)n2)c(O)c1.CCCCCCCCCCCCOc1ccc(-c2nc(-c3ccc(C)cc3C)nc(-c3ccc(C)cc3C)n2)c(O)c1. The van der Waals surface area contributed by atoms with Crippen LogP contribution in [0.5, 0.6) is 23.0 Å². The van der Waals surface area contributed by atoms with Crippen LogP contribution >= 0.6 is 0 Å². The summed E-state index contributed by atoms with van der Waals surface area (Å²) < 4.78 is 12.0. The normalized spacial score (nSPS) is 11.2. The lowest BCUT2D eigenvalue weighted by molar-refractivity contribution is 0.302. The number of benzene rings is 6. The van der Waals surface area contributed by atoms with Gasteiger partial charge in [-0.1, -0.05) is 231 Å². The number of phenolic OH excluding ortho intramolecular Hbond substituents is 2. The van der Waals surface area contributed by atoms with Gasteiger partial charge in [-0.25, -0.2) is 29.9 Å². The number of aryl methyl sites for hydroxylation is 8. The highest BCUT2D eigenvalue weighted by molar-refractivity contribution is 5.74. The van der Waals surface area contributed by atoms with Crippen molar-refractivity contribution >= 4 is 0 Å². The van der Waals surface area contributed by atoms with E-state index in [1.54, 1.807) is 12.1 Å². The third kappa shape index (κ3) is 20.1. The van der Waals surface area contributed by atoms with Crippen LogP contribution < -0.4 is 9.47 Å². The third-order valence-corrected chi connectivity index (χ3v) is 16.0. The van der Waals surface area contributed by atoms with Crippen LogP contribution in [0.1, 0.15) is 193 Å². The summed E-state index contributed by atoms with van der Waals surface area (Å²) in [6.45, 7) is 22.4. The lowest BCUT2D eigenvalue weighted by Crippen LogP contribution is -2.02. The monoisotopic (exact) mass is 1140 g/mol. The van der Waals surface area contributed by atoms with Gasteiger partial charge in [0.15, 0.2) is 34.9 Å². The molecular weight excluding hydrogens is 1050 g/mol. The Morgan fingerprint density at radius 2 is 0.494 bits per heavy atom. The fourth-order valence-electron chi connectivity index (χ4n) is 11.0. The molecule has 0 aliphatic heterocycles. The highest BCUT2D eigenvalue weighted by Crippen LogP contribution is 2.36. The summed E-state index contributed by atoms with van der Waals surface area (Å²) in [6.07, 6.45) is 27.2. The summed E-state index contributed by atoms with van der Waals surface area (Å²) in [5.41, 5.74) is 14.0. The number of aromatic hydroxyl groups is 2. The van der Waals surface area contributed by atoms with Crippen molar-refractivity contribution < 1.29 is 19.7 Å². The second-order valence-electron chi connectivity index (χ2n) is 23.7. The molecule has 85 heavy (non-hydrogen) atoms. The average molecular weight is 1150 g/mol. The van der Waals surface area contributed by atoms with Crippen molar-refractivity contribution in [1.29, 1.82) is 0 Å². The van der Waals surface area contributed by atoms with Crippen LogP contribution in [0.3, 0.4) is 0 Å². The van der Waals surface area contributed by atoms with E-state index in [1.165, 1.54) is 144 Å². The smallest absolute Gasteiger partial charge is 0.167 e. The number of ether oxygens (including phenoxy) is 2. The Hall–Kier alpha value is -7.46. The number of hydrogen-bond acceptors (Lipinski definition) is 10. The van der Waals surface area contributed by atoms with E-state index in [0.717, 1.165) is 57.3 Å². The molecule has 450 valence electrons. The first-order chi connectivity index (χ1) is 41.2. The summed E-state index contributed by atoms with van der Waals surface area (Å²) in [4.78, 5) is 29.1. The van der Waals surface area contributed by atoms with E-state index in [1.807, 2.05) is 24.3 Å². The second-order valence-corrected chi connectivity index (χ2v) is 23.7. The quantitative estimate of drug-likeness (QED) is 0.0404. The molecule has 0 aliphatic rings. The minimum atomic E-state index is 0.0972. The van der Waals surface area contributed by atoms with Crippen molar-refractivity contribution in [1.82, 2.24) is 29.9 Å². The topological polar surface area (TPSA) is 136 Å². The van der Waals surface area contributed by atoms with Crippen LogP contribution in [-0.2, 0) is 0 Å². The largest absolute Gasteiger partial charge is 0.507 e. The van der Waals surface area contributed by atoms with Gasteiger partial charge in [-0.3, -0.25) is 0 Å². The highest BCUT2D eigenvalue weighted by atomic mass is 16.5. The zero-order valence-corrected chi connectivity index (χ0v) is 53.0. The molecule has 0 saturated heterocycles. The Labute approximate surface area is 509 Å². The van der Waals surface area contributed by atoms with Gasteiger partial charge in [-0.05, 0) is 115 Å². The number of nitrogens with zero attached hydrogens (tertiary/aromatic N) is 6. The minimum absolute atomic E-state index is 0.0972. The molecular formula is C75H96N6O4. The summed E-state index contributed by atoms with van der Waals surface area (Å²) in [6, 6.07) is 35.9. The lowest BCUT2D eigenvalue weighted by Gasteiger charge is -2.13. The van der Waals surface area contributed by atoms with E-state index in [-0.39, 0.29) is 11.5 Å². The molecule has 2 N–H and O–H groups in total. The molecule has 2 heterocycles. The van der Waals surface area contributed by atoms with E-state index in [2.05, 4.69) is 142 Å². The molecule has 8 aromatic rings. The zero-order chi connectivity index (χ0) is 60.5. The molecule has 0 radical (unpaired) electrons. The molecule has 0 unspecified atom stereocenters. The molecule has 0 fully saturated rings. The Morgan fingerprint density at radius 3 is 0.729 bits per heavy atom. The minimum Gasteiger partial charge on any atom is -0.507 e. The first-order valence-corrected chi connectivity index (χ1v) is 32.0. The van der Waals surface area contributed by atoms with Crippen molar-refractivity contribution in [3.05, 3.63) is 154 Å². The van der Waals surface area contributed by atoms with Crippen LogP contribution in [0.2, 0.25) is 0 Å². The van der Waals surface area contributed by atoms with Crippen LogP contribution in [0, 0.1) is 55.4 Å². The van der Waals surface area contributed by atoms with Crippen molar-refractivity contribution in [3.63, 3.8) is 0 Å². The van der Waals surface area contributed by atoms with Crippen molar-refractivity contribution in [2.75, 3.05) is 13.2 Å². The van der Waals surface area contributed by atoms with Gasteiger partial charge in [0.2, 0.25) is 0 Å². The van der Waals surface area contributed by atoms with Crippen molar-refractivity contribution in [2.24, 2.45) is 0 Å². The highest BCUT2D eigenvalue weighted by Gasteiger charge is 2.20. The van der Waals surface area contributed by atoms with Gasteiger partial charge < -0.3 is 19.7 Å². The molecule has 0 saturated carbocycles. The van der Waals surface area contributed by atoms with Crippen molar-refractivity contribution in [2.45, 2.75) is 204 Å². The molecule has 0 atom stereocenters. The summed E-state index contributed by atoms with van der Waals surface area (Å²) in [5, 5.41) is 22.1.